The lowest BCUT2D eigenvalue weighted by Gasteiger charge is -2.45. The maximum atomic E-state index is 13.9. The summed E-state index contributed by atoms with van der Waals surface area (Å²) in [5.74, 6) is 0.609. The molecule has 0 saturated carbocycles. The maximum Gasteiger partial charge on any atom is 0.269 e. The van der Waals surface area contributed by atoms with Gasteiger partial charge in [0.25, 0.3) is 5.56 Å². The van der Waals surface area contributed by atoms with E-state index in [0.29, 0.717) is 49.1 Å². The van der Waals surface area contributed by atoms with E-state index in [2.05, 4.69) is 20.1 Å². The molecule has 174 valence electrons. The van der Waals surface area contributed by atoms with E-state index in [0.717, 1.165) is 29.7 Å². The highest BCUT2D eigenvalue weighted by Crippen LogP contribution is 2.37. The number of halogens is 2. The van der Waals surface area contributed by atoms with Crippen molar-refractivity contribution in [1.82, 2.24) is 19.9 Å². The summed E-state index contributed by atoms with van der Waals surface area (Å²) < 4.78 is 26.6. The van der Waals surface area contributed by atoms with Crippen LogP contribution in [0.15, 0.2) is 39.9 Å². The number of hydrogen-bond acceptors (Lipinski definition) is 7. The Labute approximate surface area is 195 Å². The van der Waals surface area contributed by atoms with E-state index in [1.165, 1.54) is 4.68 Å². The zero-order valence-corrected chi connectivity index (χ0v) is 19.1. The summed E-state index contributed by atoms with van der Waals surface area (Å²) in [6.45, 7) is 3.91. The fraction of sp³-hybridized carbons (Fsp3) is 0.478. The minimum Gasteiger partial charge on any atom is -0.375 e. The standard InChI is InChI=1S/C23H25ClFN5O3/c1-15-19(22(28-33-15)16-2-3-20(24)26-12-16)14-30-21(31)10-18(13-27-30)29-7-5-23(6-8-29)11-17(25)4-9-32-23/h2-3,10,12-13,17H,4-9,11,14H2,1H3. The van der Waals surface area contributed by atoms with E-state index >= 15 is 0 Å². The molecule has 3 aromatic heterocycles. The van der Waals surface area contributed by atoms with Crippen LogP contribution in [-0.2, 0) is 11.3 Å². The highest BCUT2D eigenvalue weighted by Gasteiger charge is 2.40. The van der Waals surface area contributed by atoms with Crippen molar-refractivity contribution in [3.63, 3.8) is 0 Å². The van der Waals surface area contributed by atoms with Gasteiger partial charge in [0.05, 0.1) is 30.6 Å². The average Bonchev–Trinajstić information content (AvgIpc) is 3.16. The summed E-state index contributed by atoms with van der Waals surface area (Å²) in [6, 6.07) is 5.08. The molecule has 2 fully saturated rings. The molecular weight excluding hydrogens is 449 g/mol. The Hall–Kier alpha value is -2.78. The monoisotopic (exact) mass is 473 g/mol. The van der Waals surface area contributed by atoms with Crippen LogP contribution in [-0.4, -0.2) is 51.4 Å². The van der Waals surface area contributed by atoms with Crippen LogP contribution in [0.5, 0.6) is 0 Å². The molecule has 5 heterocycles. The van der Waals surface area contributed by atoms with Crippen molar-refractivity contribution in [2.75, 3.05) is 24.6 Å². The van der Waals surface area contributed by atoms with Crippen LogP contribution < -0.4 is 10.5 Å². The first-order chi connectivity index (χ1) is 15.9. The molecule has 0 N–H and O–H groups in total. The summed E-state index contributed by atoms with van der Waals surface area (Å²) in [7, 11) is 0. The molecule has 2 saturated heterocycles. The molecule has 0 radical (unpaired) electrons. The Bertz CT molecular complexity index is 1190. The van der Waals surface area contributed by atoms with Crippen LogP contribution in [0.2, 0.25) is 5.15 Å². The third-order valence-corrected chi connectivity index (χ3v) is 6.84. The first-order valence-corrected chi connectivity index (χ1v) is 11.5. The van der Waals surface area contributed by atoms with Crippen LogP contribution in [0.25, 0.3) is 11.3 Å². The molecule has 1 unspecified atom stereocenters. The van der Waals surface area contributed by atoms with Crippen molar-refractivity contribution in [1.29, 1.82) is 0 Å². The van der Waals surface area contributed by atoms with Gasteiger partial charge in [0.2, 0.25) is 0 Å². The van der Waals surface area contributed by atoms with Gasteiger partial charge < -0.3 is 14.2 Å². The second-order valence-corrected chi connectivity index (χ2v) is 9.14. The highest BCUT2D eigenvalue weighted by molar-refractivity contribution is 6.29. The van der Waals surface area contributed by atoms with E-state index in [9.17, 15) is 9.18 Å². The summed E-state index contributed by atoms with van der Waals surface area (Å²) in [4.78, 5) is 19.1. The minimum atomic E-state index is -0.787. The molecule has 1 atom stereocenters. The van der Waals surface area contributed by atoms with Gasteiger partial charge in [-0.25, -0.2) is 14.1 Å². The number of aryl methyl sites for hydroxylation is 1. The van der Waals surface area contributed by atoms with Crippen molar-refractivity contribution in [3.8, 4) is 11.3 Å². The minimum absolute atomic E-state index is 0.216. The lowest BCUT2D eigenvalue weighted by Crippen LogP contribution is -2.50. The predicted molar refractivity (Wildman–Crippen MR) is 121 cm³/mol. The number of ether oxygens (including phenoxy) is 1. The molecule has 0 amide bonds. The fourth-order valence-electron chi connectivity index (χ4n) is 4.67. The van der Waals surface area contributed by atoms with Gasteiger partial charge in [-0.05, 0) is 31.9 Å². The van der Waals surface area contributed by atoms with Crippen molar-refractivity contribution in [2.45, 2.75) is 50.9 Å². The van der Waals surface area contributed by atoms with Crippen molar-refractivity contribution >= 4 is 17.3 Å². The molecular formula is C23H25ClFN5O3. The lowest BCUT2D eigenvalue weighted by atomic mass is 9.83. The van der Waals surface area contributed by atoms with E-state index < -0.39 is 6.17 Å². The van der Waals surface area contributed by atoms with Crippen molar-refractivity contribution in [2.24, 2.45) is 0 Å². The second-order valence-electron chi connectivity index (χ2n) is 8.75. The van der Waals surface area contributed by atoms with Gasteiger partial charge in [0, 0.05) is 49.3 Å². The molecule has 0 aliphatic carbocycles. The first-order valence-electron chi connectivity index (χ1n) is 11.1. The number of nitrogens with zero attached hydrogens (tertiary/aromatic N) is 5. The Morgan fingerprint density at radius 1 is 1.27 bits per heavy atom. The Kier molecular flexibility index (Phi) is 5.92. The van der Waals surface area contributed by atoms with Crippen LogP contribution in [0, 0.1) is 6.92 Å². The molecule has 1 spiro atoms. The van der Waals surface area contributed by atoms with Gasteiger partial charge >= 0.3 is 0 Å². The highest BCUT2D eigenvalue weighted by atomic mass is 35.5. The van der Waals surface area contributed by atoms with Gasteiger partial charge in [0.15, 0.2) is 0 Å². The number of alkyl halides is 1. The van der Waals surface area contributed by atoms with Gasteiger partial charge in [0.1, 0.15) is 22.8 Å². The first kappa shape index (κ1) is 22.0. The van der Waals surface area contributed by atoms with Crippen molar-refractivity contribution in [3.05, 3.63) is 57.4 Å². The lowest BCUT2D eigenvalue weighted by molar-refractivity contribution is -0.114. The molecule has 3 aromatic rings. The average molecular weight is 474 g/mol. The SMILES string of the molecule is Cc1onc(-c2ccc(Cl)nc2)c1Cn1ncc(N2CCC3(CC2)CC(F)CCO3)cc1=O. The van der Waals surface area contributed by atoms with Gasteiger partial charge in [-0.3, -0.25) is 4.79 Å². The summed E-state index contributed by atoms with van der Waals surface area (Å²) in [5, 5.41) is 8.92. The smallest absolute Gasteiger partial charge is 0.269 e. The van der Waals surface area contributed by atoms with Gasteiger partial charge in [-0.1, -0.05) is 16.8 Å². The third kappa shape index (κ3) is 4.52. The number of hydrogen-bond donors (Lipinski definition) is 0. The largest absolute Gasteiger partial charge is 0.375 e. The van der Waals surface area contributed by atoms with Crippen LogP contribution in [0.1, 0.15) is 37.0 Å². The molecule has 5 rings (SSSR count). The topological polar surface area (TPSA) is 86.3 Å². The van der Waals surface area contributed by atoms with Gasteiger partial charge in [-0.2, -0.15) is 5.10 Å². The molecule has 33 heavy (non-hydrogen) atoms. The summed E-state index contributed by atoms with van der Waals surface area (Å²) in [5.41, 5.74) is 2.30. The molecule has 2 aliphatic rings. The number of anilines is 1. The number of rotatable bonds is 4. The van der Waals surface area contributed by atoms with Crippen molar-refractivity contribution < 1.29 is 13.7 Å². The quantitative estimate of drug-likeness (QED) is 0.533. The molecule has 0 bridgehead atoms. The fourth-order valence-corrected chi connectivity index (χ4v) is 4.79. The van der Waals surface area contributed by atoms with Crippen LogP contribution >= 0.6 is 11.6 Å². The summed E-state index contributed by atoms with van der Waals surface area (Å²) in [6.07, 6.45) is 4.96. The number of piperidine rings is 1. The number of pyridine rings is 1. The normalized spacial score (nSPS) is 20.3. The number of aromatic nitrogens is 4. The zero-order chi connectivity index (χ0) is 23.0. The maximum absolute atomic E-state index is 13.9. The Morgan fingerprint density at radius 3 is 2.79 bits per heavy atom. The summed E-state index contributed by atoms with van der Waals surface area (Å²) >= 11 is 5.88. The zero-order valence-electron chi connectivity index (χ0n) is 18.3. The second kappa shape index (κ2) is 8.87. The Balaban J connectivity index is 1.31. The molecule has 2 aliphatic heterocycles. The molecule has 10 heteroatoms. The van der Waals surface area contributed by atoms with Crippen LogP contribution in [0.4, 0.5) is 10.1 Å². The van der Waals surface area contributed by atoms with E-state index in [-0.39, 0.29) is 17.7 Å². The van der Waals surface area contributed by atoms with E-state index in [1.807, 2.05) is 0 Å². The van der Waals surface area contributed by atoms with E-state index in [4.69, 9.17) is 20.9 Å². The third-order valence-electron chi connectivity index (χ3n) is 6.62. The molecule has 0 aromatic carbocycles. The van der Waals surface area contributed by atoms with E-state index in [1.54, 1.807) is 37.5 Å². The Morgan fingerprint density at radius 2 is 2.09 bits per heavy atom. The van der Waals surface area contributed by atoms with Crippen LogP contribution in [0.3, 0.4) is 0 Å². The van der Waals surface area contributed by atoms with Gasteiger partial charge in [-0.15, -0.1) is 0 Å². The molecule has 8 nitrogen and oxygen atoms in total. The predicted octanol–water partition coefficient (Wildman–Crippen LogP) is 3.79.